The third kappa shape index (κ3) is 2.88. The van der Waals surface area contributed by atoms with Crippen molar-refractivity contribution < 1.29 is 4.79 Å². The van der Waals surface area contributed by atoms with E-state index in [4.69, 9.17) is 5.73 Å². The maximum Gasteiger partial charge on any atom is 0.314 e. The fourth-order valence-electron chi connectivity index (χ4n) is 2.00. The maximum atomic E-state index is 10.9. The molecule has 4 heteroatoms. The van der Waals surface area contributed by atoms with Crippen molar-refractivity contribution in [2.24, 2.45) is 17.6 Å². The van der Waals surface area contributed by atoms with Gasteiger partial charge in [0.1, 0.15) is 0 Å². The van der Waals surface area contributed by atoms with Gasteiger partial charge >= 0.3 is 6.03 Å². The zero-order valence-corrected chi connectivity index (χ0v) is 8.18. The highest BCUT2D eigenvalue weighted by atomic mass is 16.2. The highest BCUT2D eigenvalue weighted by Gasteiger charge is 2.25. The van der Waals surface area contributed by atoms with Crippen LogP contribution in [-0.4, -0.2) is 26.2 Å². The highest BCUT2D eigenvalue weighted by Crippen LogP contribution is 2.30. The summed E-state index contributed by atoms with van der Waals surface area (Å²) in [5, 5.41) is 5.37. The standard InChI is InChI=1S/C9H19N3O/c1-11-9(13)12-6-8-4-2-3-7(8)5-10/h7-8H,2-6,10H2,1H3,(H2,11,12,13). The molecule has 1 aliphatic carbocycles. The fraction of sp³-hybridized carbons (Fsp3) is 0.889. The molecule has 0 spiro atoms. The third-order valence-electron chi connectivity index (χ3n) is 2.87. The topological polar surface area (TPSA) is 67.2 Å². The molecule has 1 saturated carbocycles. The van der Waals surface area contributed by atoms with Crippen LogP contribution in [0.25, 0.3) is 0 Å². The molecule has 0 aromatic heterocycles. The first kappa shape index (κ1) is 10.3. The van der Waals surface area contributed by atoms with Gasteiger partial charge in [-0.2, -0.15) is 0 Å². The van der Waals surface area contributed by atoms with Gasteiger partial charge in [0.05, 0.1) is 0 Å². The first-order valence-corrected chi connectivity index (χ1v) is 4.93. The summed E-state index contributed by atoms with van der Waals surface area (Å²) >= 11 is 0. The van der Waals surface area contributed by atoms with Crippen molar-refractivity contribution in [2.75, 3.05) is 20.1 Å². The molecule has 13 heavy (non-hydrogen) atoms. The number of carbonyl (C=O) groups excluding carboxylic acids is 1. The number of carbonyl (C=O) groups is 1. The number of hydrogen-bond acceptors (Lipinski definition) is 2. The second-order valence-corrected chi connectivity index (χ2v) is 3.65. The molecule has 1 rings (SSSR count). The van der Waals surface area contributed by atoms with Crippen molar-refractivity contribution in [3.05, 3.63) is 0 Å². The lowest BCUT2D eigenvalue weighted by Gasteiger charge is -2.17. The van der Waals surface area contributed by atoms with Crippen LogP contribution in [0.3, 0.4) is 0 Å². The predicted molar refractivity (Wildman–Crippen MR) is 52.3 cm³/mol. The van der Waals surface area contributed by atoms with Gasteiger partial charge < -0.3 is 16.4 Å². The molecule has 1 aliphatic rings. The van der Waals surface area contributed by atoms with Crippen molar-refractivity contribution in [3.8, 4) is 0 Å². The van der Waals surface area contributed by atoms with E-state index in [1.165, 1.54) is 19.3 Å². The molecule has 1 fully saturated rings. The zero-order chi connectivity index (χ0) is 9.68. The summed E-state index contributed by atoms with van der Waals surface area (Å²) in [7, 11) is 1.63. The van der Waals surface area contributed by atoms with Gasteiger partial charge in [-0.25, -0.2) is 4.79 Å². The highest BCUT2D eigenvalue weighted by molar-refractivity contribution is 5.73. The lowest BCUT2D eigenvalue weighted by Crippen LogP contribution is -2.37. The molecule has 2 unspecified atom stereocenters. The normalized spacial score (nSPS) is 27.2. The van der Waals surface area contributed by atoms with E-state index < -0.39 is 0 Å². The summed E-state index contributed by atoms with van der Waals surface area (Å²) < 4.78 is 0. The number of nitrogens with two attached hydrogens (primary N) is 1. The molecule has 0 aliphatic heterocycles. The van der Waals surface area contributed by atoms with Gasteiger partial charge in [0.2, 0.25) is 0 Å². The van der Waals surface area contributed by atoms with Crippen molar-refractivity contribution in [1.82, 2.24) is 10.6 Å². The van der Waals surface area contributed by atoms with Gasteiger partial charge in [-0.15, -0.1) is 0 Å². The summed E-state index contributed by atoms with van der Waals surface area (Å²) in [6, 6.07) is -0.0947. The van der Waals surface area contributed by atoms with Crippen molar-refractivity contribution in [3.63, 3.8) is 0 Å². The largest absolute Gasteiger partial charge is 0.341 e. The molecule has 0 aromatic rings. The van der Waals surface area contributed by atoms with E-state index in [2.05, 4.69) is 10.6 Å². The molecule has 4 nitrogen and oxygen atoms in total. The van der Waals surface area contributed by atoms with E-state index in [0.717, 1.165) is 13.1 Å². The molecule has 0 heterocycles. The van der Waals surface area contributed by atoms with Crippen LogP contribution in [0.2, 0.25) is 0 Å². The van der Waals surface area contributed by atoms with E-state index >= 15 is 0 Å². The van der Waals surface area contributed by atoms with Gasteiger partial charge in [-0.1, -0.05) is 6.42 Å². The summed E-state index contributed by atoms with van der Waals surface area (Å²) in [5.41, 5.74) is 5.63. The predicted octanol–water partition coefficient (Wildman–Crippen LogP) is 0.290. The summed E-state index contributed by atoms with van der Waals surface area (Å²) in [4.78, 5) is 10.9. The Bertz CT molecular complexity index is 172. The number of nitrogens with one attached hydrogen (secondary N) is 2. The van der Waals surface area contributed by atoms with Gasteiger partial charge in [-0.3, -0.25) is 0 Å². The first-order chi connectivity index (χ1) is 6.27. The average molecular weight is 185 g/mol. The number of rotatable bonds is 3. The van der Waals surface area contributed by atoms with Crippen molar-refractivity contribution >= 4 is 6.03 Å². The summed E-state index contributed by atoms with van der Waals surface area (Å²) in [6.45, 7) is 1.52. The molecular formula is C9H19N3O. The Morgan fingerprint density at radius 1 is 1.46 bits per heavy atom. The first-order valence-electron chi connectivity index (χ1n) is 4.93. The van der Waals surface area contributed by atoms with E-state index in [9.17, 15) is 4.79 Å². The minimum Gasteiger partial charge on any atom is -0.341 e. The molecule has 0 aromatic carbocycles. The smallest absolute Gasteiger partial charge is 0.314 e. The molecule has 2 amide bonds. The minimum atomic E-state index is -0.0947. The summed E-state index contributed by atoms with van der Waals surface area (Å²) in [6.07, 6.45) is 3.67. The van der Waals surface area contributed by atoms with Crippen LogP contribution < -0.4 is 16.4 Å². The number of amides is 2. The van der Waals surface area contributed by atoms with Crippen LogP contribution >= 0.6 is 0 Å². The number of urea groups is 1. The SMILES string of the molecule is CNC(=O)NCC1CCCC1CN. The quantitative estimate of drug-likeness (QED) is 0.591. The zero-order valence-electron chi connectivity index (χ0n) is 8.18. The molecule has 4 N–H and O–H groups in total. The monoisotopic (exact) mass is 185 g/mol. The van der Waals surface area contributed by atoms with Gasteiger partial charge in [0.25, 0.3) is 0 Å². The Hall–Kier alpha value is -0.770. The molecule has 0 saturated heterocycles. The molecule has 0 bridgehead atoms. The van der Waals surface area contributed by atoms with Gasteiger partial charge in [0.15, 0.2) is 0 Å². The Kier molecular flexibility index (Phi) is 4.02. The lowest BCUT2D eigenvalue weighted by molar-refractivity contribution is 0.239. The second kappa shape index (κ2) is 5.07. The van der Waals surface area contributed by atoms with Crippen LogP contribution in [0.1, 0.15) is 19.3 Å². The summed E-state index contributed by atoms with van der Waals surface area (Å²) in [5.74, 6) is 1.19. The maximum absolute atomic E-state index is 10.9. The number of hydrogen-bond donors (Lipinski definition) is 3. The van der Waals surface area contributed by atoms with Crippen LogP contribution in [0.5, 0.6) is 0 Å². The molecule has 2 atom stereocenters. The van der Waals surface area contributed by atoms with Crippen molar-refractivity contribution in [1.29, 1.82) is 0 Å². The van der Waals surface area contributed by atoms with E-state index in [-0.39, 0.29) is 6.03 Å². The molecule has 0 radical (unpaired) electrons. The third-order valence-corrected chi connectivity index (χ3v) is 2.87. The van der Waals surface area contributed by atoms with Crippen molar-refractivity contribution in [2.45, 2.75) is 19.3 Å². The molecular weight excluding hydrogens is 166 g/mol. The van der Waals surface area contributed by atoms with Crippen LogP contribution in [0.4, 0.5) is 4.79 Å². The lowest BCUT2D eigenvalue weighted by atomic mass is 9.96. The molecule has 76 valence electrons. The van der Waals surface area contributed by atoms with Gasteiger partial charge in [0, 0.05) is 13.6 Å². The van der Waals surface area contributed by atoms with Crippen LogP contribution in [-0.2, 0) is 0 Å². The van der Waals surface area contributed by atoms with E-state index in [1.54, 1.807) is 7.05 Å². The second-order valence-electron chi connectivity index (χ2n) is 3.65. The Morgan fingerprint density at radius 3 is 2.77 bits per heavy atom. The van der Waals surface area contributed by atoms with Crippen LogP contribution in [0, 0.1) is 11.8 Å². The van der Waals surface area contributed by atoms with E-state index in [0.29, 0.717) is 11.8 Å². The fourth-order valence-corrected chi connectivity index (χ4v) is 2.00. The Morgan fingerprint density at radius 2 is 2.15 bits per heavy atom. The average Bonchev–Trinajstić information content (AvgIpc) is 2.61. The van der Waals surface area contributed by atoms with Crippen LogP contribution in [0.15, 0.2) is 0 Å². The van der Waals surface area contributed by atoms with Gasteiger partial charge in [-0.05, 0) is 31.2 Å². The Labute approximate surface area is 79.3 Å². The Balaban J connectivity index is 2.23. The van der Waals surface area contributed by atoms with E-state index in [1.807, 2.05) is 0 Å². The minimum absolute atomic E-state index is 0.0947.